The number of H-pyrrole nitrogens is 1. The van der Waals surface area contributed by atoms with Gasteiger partial charge in [-0.15, -0.1) is 11.3 Å². The molecule has 0 bridgehead atoms. The van der Waals surface area contributed by atoms with E-state index in [1.807, 2.05) is 0 Å². The molecule has 0 fully saturated rings. The number of thiophene rings is 1. The smallest absolute Gasteiger partial charge is 0.123 e. The summed E-state index contributed by atoms with van der Waals surface area (Å²) in [4.78, 5) is 7.26. The fourth-order valence-electron chi connectivity index (χ4n) is 2.00. The largest absolute Gasteiger partial charge is 0.347 e. The number of hydrogen-bond donors (Lipinski definition) is 2. The predicted octanol–water partition coefficient (Wildman–Crippen LogP) is 2.87. The van der Waals surface area contributed by atoms with Gasteiger partial charge in [0.05, 0.1) is 6.04 Å². The molecule has 2 heterocycles. The molecule has 17 heavy (non-hydrogen) atoms. The first kappa shape index (κ1) is 10.5. The average Bonchev–Trinajstić information content (AvgIpc) is 2.98. The van der Waals surface area contributed by atoms with Gasteiger partial charge in [-0.05, 0) is 28.8 Å². The third-order valence-corrected chi connectivity index (χ3v) is 3.88. The van der Waals surface area contributed by atoms with Gasteiger partial charge in [0.25, 0.3) is 0 Å². The number of aromatic amines is 1. The molecule has 3 rings (SSSR count). The van der Waals surface area contributed by atoms with Gasteiger partial charge in [-0.2, -0.15) is 0 Å². The van der Waals surface area contributed by atoms with Crippen LogP contribution >= 0.6 is 11.3 Å². The summed E-state index contributed by atoms with van der Waals surface area (Å²) < 4.78 is 1.31. The van der Waals surface area contributed by atoms with E-state index in [2.05, 4.69) is 39.6 Å². The average molecular weight is 243 g/mol. The van der Waals surface area contributed by atoms with E-state index >= 15 is 0 Å². The summed E-state index contributed by atoms with van der Waals surface area (Å²) in [5, 5.41) is 3.49. The summed E-state index contributed by atoms with van der Waals surface area (Å²) in [6, 6.07) is 8.35. The van der Waals surface area contributed by atoms with Gasteiger partial charge in [-0.1, -0.05) is 18.2 Å². The summed E-state index contributed by atoms with van der Waals surface area (Å²) in [7, 11) is 0. The molecule has 0 aliphatic rings. The van der Waals surface area contributed by atoms with E-state index in [1.54, 1.807) is 23.7 Å². The maximum Gasteiger partial charge on any atom is 0.123 e. The SMILES string of the molecule is NC(Cc1csc2ccccc12)c1ncc[nH]1. The lowest BCUT2D eigenvalue weighted by Gasteiger charge is -2.07. The first-order chi connectivity index (χ1) is 8.34. The van der Waals surface area contributed by atoms with Crippen LogP contribution < -0.4 is 5.73 Å². The molecule has 3 N–H and O–H groups in total. The molecular formula is C13H13N3S. The van der Waals surface area contributed by atoms with Crippen molar-refractivity contribution in [1.29, 1.82) is 0 Å². The molecule has 4 heteroatoms. The Morgan fingerprint density at radius 2 is 2.24 bits per heavy atom. The van der Waals surface area contributed by atoms with Gasteiger partial charge in [0.1, 0.15) is 5.82 Å². The van der Waals surface area contributed by atoms with Crippen molar-refractivity contribution in [3.63, 3.8) is 0 Å². The zero-order valence-corrected chi connectivity index (χ0v) is 10.1. The Hall–Kier alpha value is -1.65. The van der Waals surface area contributed by atoms with Gasteiger partial charge in [0.2, 0.25) is 0 Å². The van der Waals surface area contributed by atoms with Crippen LogP contribution in [-0.4, -0.2) is 9.97 Å². The van der Waals surface area contributed by atoms with Crippen LogP contribution in [0.5, 0.6) is 0 Å². The van der Waals surface area contributed by atoms with Crippen molar-refractivity contribution in [2.24, 2.45) is 5.73 Å². The fraction of sp³-hybridized carbons (Fsp3) is 0.154. The molecule has 0 radical (unpaired) electrons. The van der Waals surface area contributed by atoms with E-state index in [-0.39, 0.29) is 6.04 Å². The van der Waals surface area contributed by atoms with Gasteiger partial charge in [0.15, 0.2) is 0 Å². The Labute approximate surface area is 103 Å². The summed E-state index contributed by atoms with van der Waals surface area (Å²) >= 11 is 1.77. The van der Waals surface area contributed by atoms with Crippen molar-refractivity contribution in [3.8, 4) is 0 Å². The molecule has 0 saturated heterocycles. The molecule has 1 unspecified atom stereocenters. The van der Waals surface area contributed by atoms with E-state index in [9.17, 15) is 0 Å². The lowest BCUT2D eigenvalue weighted by Crippen LogP contribution is -2.14. The normalized spacial score (nSPS) is 13.0. The summed E-state index contributed by atoms with van der Waals surface area (Å²) in [5.41, 5.74) is 7.43. The quantitative estimate of drug-likeness (QED) is 0.743. The van der Waals surface area contributed by atoms with Gasteiger partial charge in [-0.25, -0.2) is 4.98 Å². The zero-order valence-electron chi connectivity index (χ0n) is 9.26. The van der Waals surface area contributed by atoms with Crippen molar-refractivity contribution < 1.29 is 0 Å². The Morgan fingerprint density at radius 1 is 1.35 bits per heavy atom. The van der Waals surface area contributed by atoms with Crippen LogP contribution in [0.15, 0.2) is 42.0 Å². The molecular weight excluding hydrogens is 230 g/mol. The second kappa shape index (κ2) is 4.31. The van der Waals surface area contributed by atoms with Crippen molar-refractivity contribution in [3.05, 3.63) is 53.4 Å². The molecule has 1 aromatic carbocycles. The number of imidazole rings is 1. The second-order valence-corrected chi connectivity index (χ2v) is 4.95. The van der Waals surface area contributed by atoms with Gasteiger partial charge >= 0.3 is 0 Å². The standard InChI is InChI=1S/C13H13N3S/c14-11(13-15-5-6-16-13)7-9-8-17-12-4-2-1-3-10(9)12/h1-6,8,11H,7,14H2,(H,15,16). The second-order valence-electron chi connectivity index (χ2n) is 4.04. The van der Waals surface area contributed by atoms with Crippen LogP contribution in [0.25, 0.3) is 10.1 Å². The number of nitrogens with zero attached hydrogens (tertiary/aromatic N) is 1. The minimum atomic E-state index is -0.0667. The number of hydrogen-bond acceptors (Lipinski definition) is 3. The molecule has 3 aromatic rings. The maximum atomic E-state index is 6.13. The molecule has 0 aliphatic heterocycles. The van der Waals surface area contributed by atoms with Crippen LogP contribution in [0.3, 0.4) is 0 Å². The third kappa shape index (κ3) is 1.97. The minimum absolute atomic E-state index is 0.0667. The molecule has 0 aliphatic carbocycles. The highest BCUT2D eigenvalue weighted by Gasteiger charge is 2.12. The maximum absolute atomic E-state index is 6.13. The number of nitrogens with one attached hydrogen (secondary N) is 1. The van der Waals surface area contributed by atoms with E-state index in [0.29, 0.717) is 0 Å². The highest BCUT2D eigenvalue weighted by Crippen LogP contribution is 2.28. The van der Waals surface area contributed by atoms with Gasteiger partial charge in [-0.3, -0.25) is 0 Å². The Balaban J connectivity index is 1.90. The lowest BCUT2D eigenvalue weighted by atomic mass is 10.1. The minimum Gasteiger partial charge on any atom is -0.347 e. The third-order valence-electron chi connectivity index (χ3n) is 2.87. The van der Waals surface area contributed by atoms with E-state index in [0.717, 1.165) is 12.2 Å². The first-order valence-corrected chi connectivity index (χ1v) is 6.42. The summed E-state index contributed by atoms with van der Waals surface area (Å²) in [6.45, 7) is 0. The lowest BCUT2D eigenvalue weighted by molar-refractivity contribution is 0.681. The summed E-state index contributed by atoms with van der Waals surface area (Å²) in [6.07, 6.45) is 4.36. The fourth-order valence-corrected chi connectivity index (χ4v) is 2.98. The topological polar surface area (TPSA) is 54.7 Å². The number of nitrogens with two attached hydrogens (primary N) is 1. The number of aromatic nitrogens is 2. The van der Waals surface area contributed by atoms with E-state index < -0.39 is 0 Å². The molecule has 2 aromatic heterocycles. The van der Waals surface area contributed by atoms with Crippen LogP contribution in [0.1, 0.15) is 17.4 Å². The van der Waals surface area contributed by atoms with Crippen molar-refractivity contribution in [2.45, 2.75) is 12.5 Å². The van der Waals surface area contributed by atoms with Crippen LogP contribution in [0, 0.1) is 0 Å². The number of rotatable bonds is 3. The molecule has 0 amide bonds. The van der Waals surface area contributed by atoms with Crippen LogP contribution in [0.2, 0.25) is 0 Å². The number of benzene rings is 1. The Bertz CT molecular complexity index is 612. The van der Waals surface area contributed by atoms with Crippen LogP contribution in [0.4, 0.5) is 0 Å². The Kier molecular flexibility index (Phi) is 2.66. The summed E-state index contributed by atoms with van der Waals surface area (Å²) in [5.74, 6) is 0.847. The van der Waals surface area contributed by atoms with Gasteiger partial charge in [0, 0.05) is 17.1 Å². The monoisotopic (exact) mass is 243 g/mol. The molecule has 0 saturated carbocycles. The molecule has 1 atom stereocenters. The number of fused-ring (bicyclic) bond motifs is 1. The molecule has 86 valence electrons. The zero-order chi connectivity index (χ0) is 11.7. The molecule has 3 nitrogen and oxygen atoms in total. The van der Waals surface area contributed by atoms with Crippen molar-refractivity contribution in [2.75, 3.05) is 0 Å². The first-order valence-electron chi connectivity index (χ1n) is 5.54. The van der Waals surface area contributed by atoms with Crippen molar-refractivity contribution >= 4 is 21.4 Å². The van der Waals surface area contributed by atoms with Crippen molar-refractivity contribution in [1.82, 2.24) is 9.97 Å². The Morgan fingerprint density at radius 3 is 3.06 bits per heavy atom. The van der Waals surface area contributed by atoms with Crippen LogP contribution in [-0.2, 0) is 6.42 Å². The van der Waals surface area contributed by atoms with E-state index in [4.69, 9.17) is 5.73 Å². The highest BCUT2D eigenvalue weighted by molar-refractivity contribution is 7.17. The highest BCUT2D eigenvalue weighted by atomic mass is 32.1. The molecule has 0 spiro atoms. The van der Waals surface area contributed by atoms with E-state index in [1.165, 1.54) is 15.6 Å². The predicted molar refractivity (Wildman–Crippen MR) is 71.0 cm³/mol. The van der Waals surface area contributed by atoms with Gasteiger partial charge < -0.3 is 10.7 Å².